The molecule has 120 valence electrons. The van der Waals surface area contributed by atoms with E-state index in [0.717, 1.165) is 0 Å². The zero-order valence-corrected chi connectivity index (χ0v) is 13.4. The van der Waals surface area contributed by atoms with Gasteiger partial charge in [0.2, 0.25) is 16.0 Å². The van der Waals surface area contributed by atoms with E-state index in [2.05, 4.69) is 15.3 Å². The third kappa shape index (κ3) is 3.88. The molecule has 1 aromatic heterocycles. The second kappa shape index (κ2) is 6.39. The monoisotopic (exact) mass is 353 g/mol. The van der Waals surface area contributed by atoms with E-state index in [9.17, 15) is 17.8 Å². The Bertz CT molecular complexity index is 929. The van der Waals surface area contributed by atoms with Crippen LogP contribution in [0.2, 0.25) is 0 Å². The number of H-pyrrole nitrogens is 1. The van der Waals surface area contributed by atoms with Crippen LogP contribution in [0.5, 0.6) is 0 Å². The molecule has 0 amide bonds. The highest BCUT2D eigenvalue weighted by Crippen LogP contribution is 2.17. The Kier molecular flexibility index (Phi) is 4.71. The summed E-state index contributed by atoms with van der Waals surface area (Å²) < 4.78 is 33.9. The Labute approximate surface area is 134 Å². The molecule has 1 heterocycles. The number of nitrogens with zero attached hydrogens (tertiary/aromatic N) is 2. The number of nitrogens with two attached hydrogens (primary N) is 1. The molecule has 0 bridgehead atoms. The average molecular weight is 353 g/mol. The zero-order valence-electron chi connectivity index (χ0n) is 11.7. The second-order valence-corrected chi connectivity index (χ2v) is 7.21. The molecule has 2 aromatic rings. The standard InChI is InChI=1S/C12H11N5O4S2/c1-22(19)11-9(6-13)10(18)16-12(17-11)15-7-2-4-8(5-3-7)23(14,20)21/h2-5H,1H3,(H2,14,20,21)(H2,15,16,17,18). The number of benzene rings is 1. The maximum absolute atomic E-state index is 11.8. The van der Waals surface area contributed by atoms with Crippen LogP contribution in [0.4, 0.5) is 11.6 Å². The van der Waals surface area contributed by atoms with Gasteiger partial charge in [0.05, 0.1) is 4.90 Å². The summed E-state index contributed by atoms with van der Waals surface area (Å²) in [4.78, 5) is 18.0. The van der Waals surface area contributed by atoms with Gasteiger partial charge in [-0.1, -0.05) is 0 Å². The van der Waals surface area contributed by atoms with Crippen LogP contribution in [0.15, 0.2) is 39.0 Å². The molecule has 0 saturated heterocycles. The number of nitriles is 1. The number of hydrogen-bond donors (Lipinski definition) is 3. The lowest BCUT2D eigenvalue weighted by atomic mass is 10.3. The van der Waals surface area contributed by atoms with Crippen molar-refractivity contribution in [3.8, 4) is 6.07 Å². The van der Waals surface area contributed by atoms with Gasteiger partial charge < -0.3 is 9.87 Å². The van der Waals surface area contributed by atoms with Crippen LogP contribution in [0, 0.1) is 11.3 Å². The summed E-state index contributed by atoms with van der Waals surface area (Å²) in [5, 5.41) is 16.5. The lowest BCUT2D eigenvalue weighted by Crippen LogP contribution is -2.20. The van der Waals surface area contributed by atoms with Crippen LogP contribution in [-0.2, 0) is 21.2 Å². The van der Waals surface area contributed by atoms with Crippen LogP contribution in [0.3, 0.4) is 0 Å². The Hall–Kier alpha value is -2.39. The summed E-state index contributed by atoms with van der Waals surface area (Å²) in [5.41, 5.74) is -0.629. The summed E-state index contributed by atoms with van der Waals surface area (Å²) in [5.74, 6) is -0.0254. The van der Waals surface area contributed by atoms with Gasteiger partial charge in [0.15, 0.2) is 5.56 Å². The van der Waals surface area contributed by atoms with Gasteiger partial charge in [0, 0.05) is 16.9 Å². The first-order valence-electron chi connectivity index (χ1n) is 6.00. The lowest BCUT2D eigenvalue weighted by molar-refractivity contribution is 0.595. The van der Waals surface area contributed by atoms with Crippen LogP contribution in [0.1, 0.15) is 5.56 Å². The molecule has 4 N–H and O–H groups in total. The predicted molar refractivity (Wildman–Crippen MR) is 83.0 cm³/mol. The summed E-state index contributed by atoms with van der Waals surface area (Å²) in [7, 11) is -3.80. The van der Waals surface area contributed by atoms with Gasteiger partial charge in [-0.3, -0.25) is 9.78 Å². The smallest absolute Gasteiger partial charge is 0.275 e. The van der Waals surface area contributed by atoms with E-state index in [1.807, 2.05) is 0 Å². The largest absolute Gasteiger partial charge is 0.610 e. The Morgan fingerprint density at radius 1 is 1.39 bits per heavy atom. The summed E-state index contributed by atoms with van der Waals surface area (Å²) >= 11 is -1.62. The molecule has 9 nitrogen and oxygen atoms in total. The third-order valence-electron chi connectivity index (χ3n) is 2.72. The highest BCUT2D eigenvalue weighted by molar-refractivity contribution is 7.90. The Balaban J connectivity index is 2.38. The fraction of sp³-hybridized carbons (Fsp3) is 0.0833. The molecule has 0 fully saturated rings. The highest BCUT2D eigenvalue weighted by atomic mass is 32.2. The zero-order chi connectivity index (χ0) is 17.2. The number of hydrogen-bond acceptors (Lipinski definition) is 7. The number of sulfonamides is 1. The molecule has 23 heavy (non-hydrogen) atoms. The van der Waals surface area contributed by atoms with E-state index >= 15 is 0 Å². The van der Waals surface area contributed by atoms with E-state index in [4.69, 9.17) is 10.4 Å². The second-order valence-electron chi connectivity index (χ2n) is 4.36. The van der Waals surface area contributed by atoms with E-state index in [1.165, 1.54) is 30.5 Å². The fourth-order valence-electron chi connectivity index (χ4n) is 1.68. The van der Waals surface area contributed by atoms with Crippen LogP contribution in [0.25, 0.3) is 0 Å². The van der Waals surface area contributed by atoms with Gasteiger partial charge in [-0.25, -0.2) is 13.6 Å². The Morgan fingerprint density at radius 2 is 2.00 bits per heavy atom. The molecular formula is C12H11N5O4S2. The third-order valence-corrected chi connectivity index (χ3v) is 4.49. The summed E-state index contributed by atoms with van der Waals surface area (Å²) in [6.07, 6.45) is 1.30. The van der Waals surface area contributed by atoms with E-state index in [0.29, 0.717) is 5.69 Å². The maximum Gasteiger partial charge on any atom is 0.275 e. The molecule has 1 aromatic carbocycles. The van der Waals surface area contributed by atoms with Gasteiger partial charge in [0.1, 0.15) is 12.3 Å². The number of aromatic amines is 1. The van der Waals surface area contributed by atoms with Crippen molar-refractivity contribution in [3.05, 3.63) is 40.2 Å². The molecule has 0 aliphatic carbocycles. The minimum Gasteiger partial charge on any atom is -0.610 e. The van der Waals surface area contributed by atoms with Crippen LogP contribution < -0.4 is 16.0 Å². The number of nitrogens with one attached hydrogen (secondary N) is 2. The van der Waals surface area contributed by atoms with Crippen molar-refractivity contribution in [3.63, 3.8) is 0 Å². The SMILES string of the molecule is C[S+]([O-])c1nc(Nc2ccc(S(N)(=O)=O)cc2)[nH]c(=O)c1C#N. The van der Waals surface area contributed by atoms with Crippen LogP contribution in [-0.4, -0.2) is 29.2 Å². The van der Waals surface area contributed by atoms with E-state index in [-0.39, 0.29) is 21.4 Å². The number of primary sulfonamides is 1. The molecule has 0 aliphatic rings. The van der Waals surface area contributed by atoms with Gasteiger partial charge in [0.25, 0.3) is 10.6 Å². The Morgan fingerprint density at radius 3 is 2.48 bits per heavy atom. The molecule has 0 radical (unpaired) electrons. The van der Waals surface area contributed by atoms with Gasteiger partial charge >= 0.3 is 0 Å². The van der Waals surface area contributed by atoms with Crippen molar-refractivity contribution < 1.29 is 13.0 Å². The molecule has 1 atom stereocenters. The summed E-state index contributed by atoms with van der Waals surface area (Å²) in [6, 6.07) is 7.04. The first-order valence-corrected chi connectivity index (χ1v) is 9.10. The minimum atomic E-state index is -3.80. The molecule has 0 aliphatic heterocycles. The number of rotatable bonds is 4. The van der Waals surface area contributed by atoms with E-state index in [1.54, 1.807) is 6.07 Å². The van der Waals surface area contributed by atoms with Gasteiger partial charge in [-0.15, -0.1) is 0 Å². The fourth-order valence-corrected chi connectivity index (χ4v) is 2.84. The molecular weight excluding hydrogens is 342 g/mol. The molecule has 2 rings (SSSR count). The van der Waals surface area contributed by atoms with E-state index < -0.39 is 26.8 Å². The topological polar surface area (TPSA) is 165 Å². The molecule has 0 spiro atoms. The van der Waals surface area contributed by atoms with Gasteiger partial charge in [-0.2, -0.15) is 10.2 Å². The first kappa shape index (κ1) is 17.0. The minimum absolute atomic E-state index is 0.0254. The van der Waals surface area contributed by atoms with Gasteiger partial charge in [-0.05, 0) is 24.3 Å². The number of aromatic nitrogens is 2. The van der Waals surface area contributed by atoms with Crippen molar-refractivity contribution >= 4 is 32.8 Å². The molecule has 0 saturated carbocycles. The molecule has 11 heteroatoms. The highest BCUT2D eigenvalue weighted by Gasteiger charge is 2.19. The van der Waals surface area contributed by atoms with Crippen molar-refractivity contribution in [1.82, 2.24) is 9.97 Å². The summed E-state index contributed by atoms with van der Waals surface area (Å²) in [6.45, 7) is 0. The lowest BCUT2D eigenvalue weighted by Gasteiger charge is -2.09. The predicted octanol–water partition coefficient (Wildman–Crippen LogP) is -0.230. The van der Waals surface area contributed by atoms with Crippen molar-refractivity contribution in [2.45, 2.75) is 9.92 Å². The van der Waals surface area contributed by atoms with Crippen LogP contribution >= 0.6 is 0 Å². The quantitative estimate of drug-likeness (QED) is 0.504. The van der Waals surface area contributed by atoms with Crippen molar-refractivity contribution in [2.75, 3.05) is 11.6 Å². The molecule has 1 unspecified atom stereocenters. The average Bonchev–Trinajstić information content (AvgIpc) is 2.46. The normalized spacial score (nSPS) is 12.4. The number of anilines is 2. The maximum atomic E-state index is 11.8. The van der Waals surface area contributed by atoms with Crippen molar-refractivity contribution in [2.24, 2.45) is 5.14 Å². The van der Waals surface area contributed by atoms with Crippen molar-refractivity contribution in [1.29, 1.82) is 5.26 Å². The first-order chi connectivity index (χ1) is 10.7.